The van der Waals surface area contributed by atoms with Gasteiger partial charge in [0.25, 0.3) is 10.1 Å². The van der Waals surface area contributed by atoms with Gasteiger partial charge in [-0.2, -0.15) is 8.42 Å². The molecule has 0 atom stereocenters. The molecule has 6 nitrogen and oxygen atoms in total. The van der Waals surface area contributed by atoms with Gasteiger partial charge in [0.05, 0.1) is 11.2 Å². The van der Waals surface area contributed by atoms with Crippen LogP contribution in [0.1, 0.15) is 24.0 Å². The van der Waals surface area contributed by atoms with Gasteiger partial charge in [0.1, 0.15) is 5.67 Å². The Kier molecular flexibility index (Phi) is 4.87. The first-order valence-corrected chi connectivity index (χ1v) is 10.4. The van der Waals surface area contributed by atoms with Crippen LogP contribution in [0.25, 0.3) is 0 Å². The van der Waals surface area contributed by atoms with Crippen molar-refractivity contribution < 1.29 is 25.8 Å². The summed E-state index contributed by atoms with van der Waals surface area (Å²) in [4.78, 5) is -0.300. The van der Waals surface area contributed by atoms with Crippen LogP contribution < -0.4 is 0 Å². The second kappa shape index (κ2) is 6.12. The van der Waals surface area contributed by atoms with Crippen molar-refractivity contribution in [2.45, 2.75) is 36.8 Å². The number of alkyl halides is 1. The fourth-order valence-electron chi connectivity index (χ4n) is 2.83. The minimum atomic E-state index is -4.43. The van der Waals surface area contributed by atoms with Crippen LogP contribution in [0.4, 0.5) is 4.39 Å². The van der Waals surface area contributed by atoms with Gasteiger partial charge in [-0.05, 0) is 31.4 Å². The van der Waals surface area contributed by atoms with Crippen LogP contribution >= 0.6 is 0 Å². The smallest absolute Gasteiger partial charge is 0.282 e. The van der Waals surface area contributed by atoms with E-state index in [0.717, 1.165) is 11.8 Å². The Balaban J connectivity index is 2.25. The van der Waals surface area contributed by atoms with E-state index in [1.54, 1.807) is 6.92 Å². The third kappa shape index (κ3) is 4.50. The predicted molar refractivity (Wildman–Crippen MR) is 84.2 cm³/mol. The summed E-state index contributed by atoms with van der Waals surface area (Å²) in [6, 6.07) is 4.33. The molecule has 0 saturated carbocycles. The van der Waals surface area contributed by atoms with Crippen molar-refractivity contribution in [1.82, 2.24) is 4.31 Å². The third-order valence-electron chi connectivity index (χ3n) is 4.09. The second-order valence-corrected chi connectivity index (χ2v) is 9.45. The molecule has 1 aliphatic rings. The summed E-state index contributed by atoms with van der Waals surface area (Å²) in [5.74, 6) is 0. The number of piperidine rings is 1. The molecule has 9 heteroatoms. The fourth-order valence-corrected chi connectivity index (χ4v) is 4.38. The van der Waals surface area contributed by atoms with Crippen LogP contribution in [-0.2, 0) is 26.6 Å². The van der Waals surface area contributed by atoms with Crippen LogP contribution in [0.3, 0.4) is 0 Å². The zero-order valence-corrected chi connectivity index (χ0v) is 14.6. The number of sulfonamides is 1. The lowest BCUT2D eigenvalue weighted by atomic mass is 9.87. The van der Waals surface area contributed by atoms with Crippen LogP contribution in [-0.4, -0.2) is 50.7 Å². The highest BCUT2D eigenvalue weighted by Gasteiger charge is 2.38. The molecule has 1 aromatic carbocycles. The lowest BCUT2D eigenvalue weighted by Crippen LogP contribution is -2.45. The van der Waals surface area contributed by atoms with E-state index in [-0.39, 0.29) is 42.8 Å². The average molecular weight is 365 g/mol. The lowest BCUT2D eigenvalue weighted by Gasteiger charge is -2.35. The van der Waals surface area contributed by atoms with E-state index in [1.165, 1.54) is 22.5 Å². The van der Waals surface area contributed by atoms with E-state index in [4.69, 9.17) is 0 Å². The molecule has 1 saturated heterocycles. The predicted octanol–water partition coefficient (Wildman–Crippen LogP) is 1.55. The van der Waals surface area contributed by atoms with Crippen LogP contribution in [0.15, 0.2) is 23.1 Å². The average Bonchev–Trinajstić information content (AvgIpc) is 2.36. The van der Waals surface area contributed by atoms with Crippen LogP contribution in [0, 0.1) is 6.92 Å². The van der Waals surface area contributed by atoms with Crippen molar-refractivity contribution in [1.29, 1.82) is 0 Å². The van der Waals surface area contributed by atoms with Gasteiger partial charge in [-0.1, -0.05) is 17.7 Å². The normalized spacial score (nSPS) is 19.7. The van der Waals surface area contributed by atoms with E-state index in [1.807, 2.05) is 0 Å². The molecule has 0 spiro atoms. The zero-order valence-electron chi connectivity index (χ0n) is 13.0. The maximum absolute atomic E-state index is 15.0. The molecule has 1 aromatic rings. The Bertz CT molecular complexity index is 796. The Morgan fingerprint density at radius 3 is 2.26 bits per heavy atom. The molecule has 2 rings (SSSR count). The number of hydrogen-bond acceptors (Lipinski definition) is 4. The van der Waals surface area contributed by atoms with Crippen molar-refractivity contribution in [3.63, 3.8) is 0 Å². The molecule has 0 aliphatic carbocycles. The van der Waals surface area contributed by atoms with E-state index in [0.29, 0.717) is 0 Å². The summed E-state index contributed by atoms with van der Waals surface area (Å²) in [5.41, 5.74) is -0.735. The van der Waals surface area contributed by atoms with Gasteiger partial charge in [0, 0.05) is 19.5 Å². The summed E-state index contributed by atoms with van der Waals surface area (Å²) in [6.07, 6.45) is 0.870. The number of halogens is 1. The standard InChI is InChI=1S/C14H20FNO5S2/c1-11-3-4-13(23(19,20)21)12(9-11)10-14(15)5-7-16(8-6-14)22(2,17)18/h3-4,9H,5-8,10H2,1-2H3,(H,19,20,21). The van der Waals surface area contributed by atoms with Gasteiger partial charge >= 0.3 is 0 Å². The SMILES string of the molecule is Cc1ccc(S(=O)(=O)O)c(CC2(F)CCN(S(C)(=O)=O)CC2)c1. The molecule has 1 aliphatic heterocycles. The molecule has 0 aromatic heterocycles. The number of benzene rings is 1. The Morgan fingerprint density at radius 2 is 1.78 bits per heavy atom. The third-order valence-corrected chi connectivity index (χ3v) is 6.35. The molecular weight excluding hydrogens is 345 g/mol. The lowest BCUT2D eigenvalue weighted by molar-refractivity contribution is 0.0885. The highest BCUT2D eigenvalue weighted by atomic mass is 32.2. The number of rotatable bonds is 4. The Hall–Kier alpha value is -1.03. The van der Waals surface area contributed by atoms with Crippen LogP contribution in [0.2, 0.25) is 0 Å². The Labute approximate surface area is 136 Å². The van der Waals surface area contributed by atoms with Crippen molar-refractivity contribution in [2.75, 3.05) is 19.3 Å². The van der Waals surface area contributed by atoms with Gasteiger partial charge in [-0.3, -0.25) is 4.55 Å². The van der Waals surface area contributed by atoms with Crippen molar-refractivity contribution >= 4 is 20.1 Å². The molecule has 0 radical (unpaired) electrons. The van der Waals surface area contributed by atoms with Crippen molar-refractivity contribution in [3.8, 4) is 0 Å². The van der Waals surface area contributed by atoms with Gasteiger partial charge in [-0.25, -0.2) is 17.1 Å². The summed E-state index contributed by atoms with van der Waals surface area (Å²) in [7, 11) is -7.79. The first kappa shape index (κ1) is 18.3. The van der Waals surface area contributed by atoms with Gasteiger partial charge < -0.3 is 0 Å². The molecule has 0 amide bonds. The molecule has 1 N–H and O–H groups in total. The quantitative estimate of drug-likeness (QED) is 0.818. The summed E-state index contributed by atoms with van der Waals surface area (Å²) < 4.78 is 71.4. The molecular formula is C14H20FNO5S2. The summed E-state index contributed by atoms with van der Waals surface area (Å²) >= 11 is 0. The minimum absolute atomic E-state index is 0.0150. The number of hydrogen-bond donors (Lipinski definition) is 1. The highest BCUT2D eigenvalue weighted by Crippen LogP contribution is 2.33. The molecule has 0 bridgehead atoms. The van der Waals surface area contributed by atoms with E-state index in [2.05, 4.69) is 0 Å². The highest BCUT2D eigenvalue weighted by molar-refractivity contribution is 7.88. The minimum Gasteiger partial charge on any atom is -0.282 e. The summed E-state index contributed by atoms with van der Waals surface area (Å²) in [6.45, 7) is 1.86. The maximum atomic E-state index is 15.0. The number of aryl methyl sites for hydroxylation is 1. The molecule has 1 fully saturated rings. The zero-order chi connectivity index (χ0) is 17.5. The fraction of sp³-hybridized carbons (Fsp3) is 0.571. The topological polar surface area (TPSA) is 91.8 Å². The van der Waals surface area contributed by atoms with Gasteiger partial charge in [0.2, 0.25) is 10.0 Å². The van der Waals surface area contributed by atoms with E-state index >= 15 is 4.39 Å². The van der Waals surface area contributed by atoms with Crippen molar-refractivity contribution in [2.24, 2.45) is 0 Å². The first-order chi connectivity index (χ1) is 10.4. The molecule has 0 unspecified atom stereocenters. The van der Waals surface area contributed by atoms with Crippen molar-refractivity contribution in [3.05, 3.63) is 29.3 Å². The largest absolute Gasteiger partial charge is 0.294 e. The van der Waals surface area contributed by atoms with Gasteiger partial charge in [-0.15, -0.1) is 0 Å². The summed E-state index contributed by atoms with van der Waals surface area (Å²) in [5, 5.41) is 0. The molecule has 23 heavy (non-hydrogen) atoms. The van der Waals surface area contributed by atoms with E-state index < -0.39 is 25.8 Å². The monoisotopic (exact) mass is 365 g/mol. The maximum Gasteiger partial charge on any atom is 0.294 e. The Morgan fingerprint density at radius 1 is 1.22 bits per heavy atom. The first-order valence-electron chi connectivity index (χ1n) is 7.12. The molecule has 1 heterocycles. The van der Waals surface area contributed by atoms with E-state index in [9.17, 15) is 21.4 Å². The molecule has 130 valence electrons. The second-order valence-electron chi connectivity index (χ2n) is 6.08. The van der Waals surface area contributed by atoms with Gasteiger partial charge in [0.15, 0.2) is 0 Å². The van der Waals surface area contributed by atoms with Crippen LogP contribution in [0.5, 0.6) is 0 Å². The number of nitrogens with zero attached hydrogens (tertiary/aromatic N) is 1.